The van der Waals surface area contributed by atoms with Crippen LogP contribution in [0.4, 0.5) is 14.6 Å². The van der Waals surface area contributed by atoms with Crippen LogP contribution in [0.15, 0.2) is 34.9 Å². The third kappa shape index (κ3) is 2.58. The quantitative estimate of drug-likeness (QED) is 0.924. The average molecular weight is 300 g/mol. The van der Waals surface area contributed by atoms with E-state index in [1.165, 1.54) is 18.3 Å². The number of alkyl halides is 2. The maximum absolute atomic E-state index is 12.4. The molecular formula is C11H8BrF2N3. The first-order valence-electron chi connectivity index (χ1n) is 4.74. The van der Waals surface area contributed by atoms with E-state index >= 15 is 0 Å². The van der Waals surface area contributed by atoms with E-state index in [1.807, 2.05) is 0 Å². The Kier molecular flexibility index (Phi) is 3.33. The summed E-state index contributed by atoms with van der Waals surface area (Å²) >= 11 is 3.18. The fourth-order valence-corrected chi connectivity index (χ4v) is 1.49. The second kappa shape index (κ2) is 4.75. The van der Waals surface area contributed by atoms with Crippen molar-refractivity contribution in [1.29, 1.82) is 0 Å². The van der Waals surface area contributed by atoms with Crippen molar-refractivity contribution in [3.63, 3.8) is 0 Å². The summed E-state index contributed by atoms with van der Waals surface area (Å²) < 4.78 is 25.3. The predicted molar refractivity (Wildman–Crippen MR) is 64.5 cm³/mol. The molecule has 0 amide bonds. The van der Waals surface area contributed by atoms with Crippen molar-refractivity contribution in [2.45, 2.75) is 6.43 Å². The zero-order chi connectivity index (χ0) is 12.4. The van der Waals surface area contributed by atoms with Crippen molar-refractivity contribution in [3.05, 3.63) is 40.5 Å². The molecule has 0 radical (unpaired) electrons. The summed E-state index contributed by atoms with van der Waals surface area (Å²) in [6, 6.07) is 5.79. The Bertz CT molecular complexity index is 529. The molecule has 1 aromatic heterocycles. The molecule has 3 nitrogen and oxygen atoms in total. The highest BCUT2D eigenvalue weighted by atomic mass is 79.9. The van der Waals surface area contributed by atoms with Crippen molar-refractivity contribution >= 4 is 21.7 Å². The second-order valence-corrected chi connectivity index (χ2v) is 4.20. The number of nitrogens with zero attached hydrogens (tertiary/aromatic N) is 2. The minimum atomic E-state index is -2.47. The minimum Gasteiger partial charge on any atom is -0.383 e. The molecule has 0 spiro atoms. The molecule has 0 bridgehead atoms. The summed E-state index contributed by atoms with van der Waals surface area (Å²) in [6.07, 6.45) is -0.946. The summed E-state index contributed by atoms with van der Waals surface area (Å²) in [7, 11) is 0. The number of hydrogen-bond donors (Lipinski definition) is 1. The van der Waals surface area contributed by atoms with Crippen LogP contribution in [0.25, 0.3) is 11.4 Å². The largest absolute Gasteiger partial charge is 0.383 e. The second-order valence-electron chi connectivity index (χ2n) is 3.35. The maximum atomic E-state index is 12.4. The van der Waals surface area contributed by atoms with E-state index < -0.39 is 6.43 Å². The lowest BCUT2D eigenvalue weighted by Crippen LogP contribution is -1.96. The van der Waals surface area contributed by atoms with Crippen molar-refractivity contribution in [2.24, 2.45) is 0 Å². The van der Waals surface area contributed by atoms with Gasteiger partial charge < -0.3 is 5.73 Å². The van der Waals surface area contributed by atoms with Crippen LogP contribution in [0.1, 0.15) is 12.0 Å². The molecule has 17 heavy (non-hydrogen) atoms. The van der Waals surface area contributed by atoms with E-state index in [2.05, 4.69) is 25.9 Å². The monoisotopic (exact) mass is 299 g/mol. The van der Waals surface area contributed by atoms with Gasteiger partial charge in [0.1, 0.15) is 5.82 Å². The van der Waals surface area contributed by atoms with Crippen LogP contribution in [0.3, 0.4) is 0 Å². The van der Waals surface area contributed by atoms with E-state index in [0.29, 0.717) is 21.7 Å². The number of hydrogen-bond acceptors (Lipinski definition) is 3. The summed E-state index contributed by atoms with van der Waals surface area (Å²) in [6.45, 7) is 0. The first-order valence-corrected chi connectivity index (χ1v) is 5.53. The van der Waals surface area contributed by atoms with E-state index in [4.69, 9.17) is 5.73 Å². The Morgan fingerprint density at radius 1 is 1.18 bits per heavy atom. The van der Waals surface area contributed by atoms with Gasteiger partial charge in [-0.3, -0.25) is 0 Å². The molecule has 1 heterocycles. The van der Waals surface area contributed by atoms with Gasteiger partial charge in [-0.15, -0.1) is 0 Å². The molecule has 0 atom stereocenters. The number of rotatable bonds is 2. The smallest absolute Gasteiger partial charge is 0.263 e. The number of benzene rings is 1. The van der Waals surface area contributed by atoms with Gasteiger partial charge in [0, 0.05) is 17.3 Å². The highest BCUT2D eigenvalue weighted by molar-refractivity contribution is 9.10. The Balaban J connectivity index is 2.36. The molecule has 2 rings (SSSR count). The van der Waals surface area contributed by atoms with Gasteiger partial charge in [0.2, 0.25) is 0 Å². The molecule has 0 saturated heterocycles. The molecule has 0 aliphatic rings. The molecule has 2 N–H and O–H groups in total. The lowest BCUT2D eigenvalue weighted by Gasteiger charge is -2.04. The molecule has 1 aromatic carbocycles. The van der Waals surface area contributed by atoms with Gasteiger partial charge in [-0.2, -0.15) is 0 Å². The lowest BCUT2D eigenvalue weighted by atomic mass is 10.1. The van der Waals surface area contributed by atoms with Crippen LogP contribution >= 0.6 is 15.9 Å². The fourth-order valence-electron chi connectivity index (χ4n) is 1.30. The fraction of sp³-hybridized carbons (Fsp3) is 0.0909. The van der Waals surface area contributed by atoms with Crippen molar-refractivity contribution in [2.75, 3.05) is 5.73 Å². The molecule has 0 unspecified atom stereocenters. The zero-order valence-corrected chi connectivity index (χ0v) is 10.2. The van der Waals surface area contributed by atoms with Crippen LogP contribution in [0.5, 0.6) is 0 Å². The number of anilines is 1. The SMILES string of the molecule is Nc1nc(-c2ccc(C(F)F)cc2)ncc1Br. The number of aromatic nitrogens is 2. The molecule has 0 aliphatic heterocycles. The summed E-state index contributed by atoms with van der Waals surface area (Å²) in [5, 5.41) is 0. The van der Waals surface area contributed by atoms with Gasteiger partial charge >= 0.3 is 0 Å². The summed E-state index contributed by atoms with van der Waals surface area (Å²) in [4.78, 5) is 8.11. The standard InChI is InChI=1S/C11H8BrF2N3/c12-8-5-16-11(17-10(8)15)7-3-1-6(2-4-7)9(13)14/h1-5,9H,(H2,15,16,17). The third-order valence-corrected chi connectivity index (χ3v) is 2.80. The third-order valence-electron chi connectivity index (χ3n) is 2.19. The topological polar surface area (TPSA) is 51.8 Å². The van der Waals surface area contributed by atoms with Gasteiger partial charge in [-0.25, -0.2) is 18.7 Å². The van der Waals surface area contributed by atoms with E-state index in [-0.39, 0.29) is 5.56 Å². The Hall–Kier alpha value is -1.56. The lowest BCUT2D eigenvalue weighted by molar-refractivity contribution is 0.151. The van der Waals surface area contributed by atoms with Crippen molar-refractivity contribution in [1.82, 2.24) is 9.97 Å². The van der Waals surface area contributed by atoms with Crippen LogP contribution in [-0.4, -0.2) is 9.97 Å². The zero-order valence-electron chi connectivity index (χ0n) is 8.57. The van der Waals surface area contributed by atoms with Crippen LogP contribution in [0, 0.1) is 0 Å². The van der Waals surface area contributed by atoms with Gasteiger partial charge in [0.05, 0.1) is 4.47 Å². The highest BCUT2D eigenvalue weighted by Gasteiger charge is 2.08. The molecule has 0 saturated carbocycles. The van der Waals surface area contributed by atoms with E-state index in [0.717, 1.165) is 0 Å². The van der Waals surface area contributed by atoms with Crippen LogP contribution in [0.2, 0.25) is 0 Å². The van der Waals surface area contributed by atoms with E-state index in [1.54, 1.807) is 12.1 Å². The van der Waals surface area contributed by atoms with Crippen LogP contribution < -0.4 is 5.73 Å². The summed E-state index contributed by atoms with van der Waals surface area (Å²) in [5.74, 6) is 0.722. The van der Waals surface area contributed by atoms with E-state index in [9.17, 15) is 8.78 Å². The van der Waals surface area contributed by atoms with Gasteiger partial charge in [0.15, 0.2) is 5.82 Å². The van der Waals surface area contributed by atoms with Gasteiger partial charge in [-0.1, -0.05) is 24.3 Å². The first kappa shape index (κ1) is 11.9. The Morgan fingerprint density at radius 2 is 1.82 bits per heavy atom. The number of nitrogen functional groups attached to an aromatic ring is 1. The summed E-state index contributed by atoms with van der Waals surface area (Å²) in [5.41, 5.74) is 6.24. The average Bonchev–Trinajstić information content (AvgIpc) is 2.33. The van der Waals surface area contributed by atoms with Gasteiger partial charge in [0.25, 0.3) is 6.43 Å². The Labute approximate surface area is 105 Å². The molecule has 0 fully saturated rings. The highest BCUT2D eigenvalue weighted by Crippen LogP contribution is 2.24. The number of halogens is 3. The molecule has 6 heteroatoms. The van der Waals surface area contributed by atoms with Crippen LogP contribution in [-0.2, 0) is 0 Å². The Morgan fingerprint density at radius 3 is 2.35 bits per heavy atom. The molecule has 88 valence electrons. The van der Waals surface area contributed by atoms with Crippen molar-refractivity contribution in [3.8, 4) is 11.4 Å². The molecule has 0 aliphatic carbocycles. The van der Waals surface area contributed by atoms with Crippen molar-refractivity contribution < 1.29 is 8.78 Å². The molecule has 2 aromatic rings. The van der Waals surface area contributed by atoms with Gasteiger partial charge in [-0.05, 0) is 15.9 Å². The normalized spacial score (nSPS) is 10.8. The molecular weight excluding hydrogens is 292 g/mol. The number of nitrogens with two attached hydrogens (primary N) is 1. The predicted octanol–water partition coefficient (Wildman–Crippen LogP) is 3.43. The first-order chi connectivity index (χ1) is 8.08. The minimum absolute atomic E-state index is 0.0289. The maximum Gasteiger partial charge on any atom is 0.263 e.